The zero-order chi connectivity index (χ0) is 19.1. The summed E-state index contributed by atoms with van der Waals surface area (Å²) in [5.74, 6) is 0.230. The molecule has 3 heterocycles. The van der Waals surface area contributed by atoms with E-state index >= 15 is 0 Å². The van der Waals surface area contributed by atoms with Crippen LogP contribution in [0.5, 0.6) is 0 Å². The summed E-state index contributed by atoms with van der Waals surface area (Å²) in [6.07, 6.45) is 3.29. The van der Waals surface area contributed by atoms with E-state index in [1.54, 1.807) is 11.9 Å². The van der Waals surface area contributed by atoms with Crippen molar-refractivity contribution in [1.29, 1.82) is 0 Å². The van der Waals surface area contributed by atoms with Gasteiger partial charge in [-0.3, -0.25) is 9.62 Å². The molecule has 0 saturated carbocycles. The first-order chi connectivity index (χ1) is 13.7. The molecule has 0 aliphatic carbocycles. The molecule has 2 atom stereocenters. The molecular formula is C22H26N4OS. The highest BCUT2D eigenvalue weighted by Crippen LogP contribution is 2.45. The number of anilines is 1. The van der Waals surface area contributed by atoms with E-state index in [1.165, 1.54) is 34.4 Å². The van der Waals surface area contributed by atoms with Crippen LogP contribution in [0.25, 0.3) is 0 Å². The number of amides is 2. The van der Waals surface area contributed by atoms with Gasteiger partial charge in [-0.15, -0.1) is 0 Å². The Kier molecular flexibility index (Phi) is 4.57. The third-order valence-corrected chi connectivity index (χ3v) is 7.21. The normalized spacial score (nSPS) is 27.3. The summed E-state index contributed by atoms with van der Waals surface area (Å²) in [4.78, 5) is 16.6. The number of hydrogen-bond donors (Lipinski definition) is 3. The lowest BCUT2D eigenvalue weighted by molar-refractivity contribution is 0.0258. The number of carbonyl (C=O) groups excluding carboxylic acids is 1. The minimum absolute atomic E-state index is 0.103. The number of nitrogens with one attached hydrogen (secondary N) is 3. The van der Waals surface area contributed by atoms with E-state index in [4.69, 9.17) is 0 Å². The Balaban J connectivity index is 1.67. The SMILES string of the molecule is Cc1ccc2c(c1)C(C1CNSc3ccccc3C1)(N1CCCC1)NC(=O)N2. The number of fused-ring (bicyclic) bond motifs is 2. The molecule has 3 aliphatic heterocycles. The van der Waals surface area contributed by atoms with Crippen molar-refractivity contribution in [2.24, 2.45) is 5.92 Å². The zero-order valence-electron chi connectivity index (χ0n) is 16.1. The van der Waals surface area contributed by atoms with E-state index in [0.29, 0.717) is 0 Å². The summed E-state index contributed by atoms with van der Waals surface area (Å²) in [6.45, 7) is 4.99. The minimum Gasteiger partial charge on any atom is -0.315 e. The lowest BCUT2D eigenvalue weighted by atomic mass is 9.78. The fourth-order valence-corrected chi connectivity index (χ4v) is 5.87. The zero-order valence-corrected chi connectivity index (χ0v) is 16.9. The number of rotatable bonds is 2. The molecule has 1 fully saturated rings. The van der Waals surface area contributed by atoms with Crippen molar-refractivity contribution >= 4 is 23.7 Å². The van der Waals surface area contributed by atoms with E-state index in [9.17, 15) is 4.79 Å². The van der Waals surface area contributed by atoms with Crippen molar-refractivity contribution in [3.8, 4) is 0 Å². The van der Waals surface area contributed by atoms with Gasteiger partial charge in [0.2, 0.25) is 0 Å². The summed E-state index contributed by atoms with van der Waals surface area (Å²) in [7, 11) is 0. The number of benzene rings is 2. The van der Waals surface area contributed by atoms with Crippen LogP contribution in [0.1, 0.15) is 29.5 Å². The van der Waals surface area contributed by atoms with Gasteiger partial charge < -0.3 is 10.6 Å². The molecule has 5 rings (SSSR count). The molecule has 0 aromatic heterocycles. The molecule has 28 heavy (non-hydrogen) atoms. The van der Waals surface area contributed by atoms with Gasteiger partial charge in [0.15, 0.2) is 0 Å². The highest BCUT2D eigenvalue weighted by molar-refractivity contribution is 7.97. The predicted molar refractivity (Wildman–Crippen MR) is 113 cm³/mol. The van der Waals surface area contributed by atoms with Gasteiger partial charge in [0, 0.05) is 41.7 Å². The summed E-state index contributed by atoms with van der Waals surface area (Å²) >= 11 is 1.71. The second-order valence-electron chi connectivity index (χ2n) is 8.05. The van der Waals surface area contributed by atoms with Gasteiger partial charge in [-0.05, 0) is 55.8 Å². The van der Waals surface area contributed by atoms with Crippen LogP contribution >= 0.6 is 11.9 Å². The van der Waals surface area contributed by atoms with Gasteiger partial charge in [-0.1, -0.05) is 35.9 Å². The van der Waals surface area contributed by atoms with Crippen LogP contribution in [-0.2, 0) is 12.1 Å². The molecule has 2 amide bonds. The molecule has 2 aromatic rings. The standard InChI is InChI=1S/C22H26N4OS/c1-15-8-9-19-18(12-15)22(25-21(27)24-19,26-10-4-5-11-26)17-13-16-6-2-3-7-20(16)28-23-14-17/h2-3,6-9,12,17,23H,4-5,10-11,13-14H2,1H3,(H2,24,25,27). The fraction of sp³-hybridized carbons (Fsp3) is 0.409. The molecule has 0 bridgehead atoms. The highest BCUT2D eigenvalue weighted by Gasteiger charge is 2.51. The first kappa shape index (κ1) is 18.0. The number of hydrogen-bond acceptors (Lipinski definition) is 4. The van der Waals surface area contributed by atoms with Crippen molar-refractivity contribution in [3.05, 3.63) is 59.2 Å². The first-order valence-electron chi connectivity index (χ1n) is 10.1. The Bertz CT molecular complexity index is 911. The van der Waals surface area contributed by atoms with Gasteiger partial charge in [0.25, 0.3) is 0 Å². The lowest BCUT2D eigenvalue weighted by Crippen LogP contribution is -2.66. The van der Waals surface area contributed by atoms with Crippen LogP contribution < -0.4 is 15.4 Å². The number of carbonyl (C=O) groups is 1. The third kappa shape index (κ3) is 2.91. The van der Waals surface area contributed by atoms with Gasteiger partial charge in [0.05, 0.1) is 0 Å². The quantitative estimate of drug-likeness (QED) is 0.678. The van der Waals surface area contributed by atoms with Crippen molar-refractivity contribution in [1.82, 2.24) is 14.9 Å². The number of likely N-dealkylation sites (tertiary alicyclic amines) is 1. The van der Waals surface area contributed by atoms with Gasteiger partial charge in [-0.25, -0.2) is 4.79 Å². The number of urea groups is 1. The smallest absolute Gasteiger partial charge is 0.315 e. The molecule has 1 saturated heterocycles. The second-order valence-corrected chi connectivity index (χ2v) is 8.98. The van der Waals surface area contributed by atoms with Crippen molar-refractivity contribution < 1.29 is 4.79 Å². The Morgan fingerprint density at radius 2 is 1.96 bits per heavy atom. The topological polar surface area (TPSA) is 56.4 Å². The average molecular weight is 395 g/mol. The largest absolute Gasteiger partial charge is 0.320 e. The summed E-state index contributed by atoms with van der Waals surface area (Å²) in [5.41, 5.74) is 4.21. The fourth-order valence-electron chi connectivity index (χ4n) is 5.00. The summed E-state index contributed by atoms with van der Waals surface area (Å²) < 4.78 is 3.58. The molecule has 3 N–H and O–H groups in total. The summed E-state index contributed by atoms with van der Waals surface area (Å²) in [6, 6.07) is 14.9. The van der Waals surface area contributed by atoms with E-state index < -0.39 is 5.66 Å². The molecule has 146 valence electrons. The lowest BCUT2D eigenvalue weighted by Gasteiger charge is -2.50. The molecule has 5 nitrogen and oxygen atoms in total. The first-order valence-corrected chi connectivity index (χ1v) is 10.9. The maximum Gasteiger partial charge on any atom is 0.320 e. The van der Waals surface area contributed by atoms with Crippen LogP contribution in [0.2, 0.25) is 0 Å². The van der Waals surface area contributed by atoms with Crippen LogP contribution in [-0.4, -0.2) is 30.6 Å². The molecule has 0 radical (unpaired) electrons. The van der Waals surface area contributed by atoms with Crippen LogP contribution in [0, 0.1) is 12.8 Å². The maximum absolute atomic E-state index is 12.8. The predicted octanol–water partition coefficient (Wildman–Crippen LogP) is 3.85. The Labute approximate surface area is 170 Å². The van der Waals surface area contributed by atoms with Crippen molar-refractivity contribution in [2.75, 3.05) is 25.0 Å². The molecule has 2 unspecified atom stereocenters. The summed E-state index contributed by atoms with van der Waals surface area (Å²) in [5, 5.41) is 6.45. The minimum atomic E-state index is -0.495. The van der Waals surface area contributed by atoms with E-state index in [0.717, 1.165) is 31.7 Å². The van der Waals surface area contributed by atoms with Gasteiger partial charge in [0.1, 0.15) is 5.66 Å². The Morgan fingerprint density at radius 1 is 1.14 bits per heavy atom. The third-order valence-electron chi connectivity index (χ3n) is 6.28. The van der Waals surface area contributed by atoms with Crippen molar-refractivity contribution in [2.45, 2.75) is 36.7 Å². The Hall–Kier alpha value is -2.02. The number of aryl methyl sites for hydroxylation is 1. The Morgan fingerprint density at radius 3 is 2.82 bits per heavy atom. The second kappa shape index (κ2) is 7.10. The molecule has 2 aromatic carbocycles. The maximum atomic E-state index is 12.8. The molecular weight excluding hydrogens is 368 g/mol. The average Bonchev–Trinajstić information content (AvgIpc) is 3.14. The highest BCUT2D eigenvalue weighted by atomic mass is 32.2. The van der Waals surface area contributed by atoms with E-state index in [-0.39, 0.29) is 11.9 Å². The monoisotopic (exact) mass is 394 g/mol. The van der Waals surface area contributed by atoms with Gasteiger partial charge in [-0.2, -0.15) is 0 Å². The van der Waals surface area contributed by atoms with Crippen LogP contribution in [0.4, 0.5) is 10.5 Å². The van der Waals surface area contributed by atoms with Crippen LogP contribution in [0.15, 0.2) is 47.4 Å². The van der Waals surface area contributed by atoms with E-state index in [1.807, 2.05) is 0 Å². The molecule has 0 spiro atoms. The van der Waals surface area contributed by atoms with Crippen molar-refractivity contribution in [3.63, 3.8) is 0 Å². The van der Waals surface area contributed by atoms with Crippen LogP contribution in [0.3, 0.4) is 0 Å². The number of nitrogens with zero attached hydrogens (tertiary/aromatic N) is 1. The molecule has 6 heteroatoms. The molecule has 3 aliphatic rings. The van der Waals surface area contributed by atoms with E-state index in [2.05, 4.69) is 69.6 Å². The van der Waals surface area contributed by atoms with Gasteiger partial charge >= 0.3 is 6.03 Å².